The third-order valence-corrected chi connectivity index (χ3v) is 2.05. The second kappa shape index (κ2) is 2.67. The first-order valence-corrected chi connectivity index (χ1v) is 3.92. The van der Waals surface area contributed by atoms with Gasteiger partial charge in [0.1, 0.15) is 0 Å². The predicted octanol–water partition coefficient (Wildman–Crippen LogP) is 2.37. The largest absolute Gasteiger partial charge is 0.418 e. The van der Waals surface area contributed by atoms with Gasteiger partial charge in [-0.1, -0.05) is 12.1 Å². The molecule has 0 saturated carbocycles. The Morgan fingerprint density at radius 2 is 1.86 bits per heavy atom. The highest BCUT2D eigenvalue weighted by Gasteiger charge is 2.33. The average Bonchev–Trinajstić information content (AvgIpc) is 2.46. The predicted molar refractivity (Wildman–Crippen MR) is 47.1 cm³/mol. The van der Waals surface area contributed by atoms with Crippen LogP contribution in [0.4, 0.5) is 13.2 Å². The van der Waals surface area contributed by atoms with E-state index in [0.29, 0.717) is 5.39 Å². The summed E-state index contributed by atoms with van der Waals surface area (Å²) in [6, 6.07) is 5.52. The smallest absolute Gasteiger partial charge is 0.339 e. The number of alkyl halides is 3. The van der Waals surface area contributed by atoms with E-state index in [9.17, 15) is 13.2 Å². The summed E-state index contributed by atoms with van der Waals surface area (Å²) in [7, 11) is 0. The van der Waals surface area contributed by atoms with Crippen molar-refractivity contribution in [3.8, 4) is 0 Å². The molecule has 0 unspecified atom stereocenters. The summed E-state index contributed by atoms with van der Waals surface area (Å²) in [4.78, 5) is 0. The minimum atomic E-state index is -4.37. The topological polar surface area (TPSA) is 30.9 Å². The lowest BCUT2D eigenvalue weighted by Gasteiger charge is -2.09. The van der Waals surface area contributed by atoms with Gasteiger partial charge in [-0.05, 0) is 12.1 Å². The van der Waals surface area contributed by atoms with Crippen LogP contribution in [0.2, 0.25) is 0 Å². The van der Waals surface area contributed by atoms with Gasteiger partial charge in [-0.3, -0.25) is 4.68 Å². The molecule has 0 amide bonds. The van der Waals surface area contributed by atoms with Gasteiger partial charge in [0.15, 0.2) is 0 Å². The van der Waals surface area contributed by atoms with Crippen molar-refractivity contribution >= 4 is 10.9 Å². The minimum Gasteiger partial charge on any atom is -0.339 e. The Labute approximate surface area is 77.7 Å². The van der Waals surface area contributed by atoms with Crippen LogP contribution >= 0.6 is 0 Å². The number of hydrogen-bond acceptors (Lipinski definition) is 1. The summed E-state index contributed by atoms with van der Waals surface area (Å²) in [5.41, 5.74) is -0.692. The fourth-order valence-corrected chi connectivity index (χ4v) is 1.45. The molecule has 14 heavy (non-hydrogen) atoms. The van der Waals surface area contributed by atoms with E-state index in [1.807, 2.05) is 0 Å². The van der Waals surface area contributed by atoms with Crippen LogP contribution < -0.4 is 5.84 Å². The lowest BCUT2D eigenvalue weighted by molar-refractivity contribution is -0.136. The molecule has 1 heterocycles. The zero-order chi connectivity index (χ0) is 10.3. The van der Waals surface area contributed by atoms with Crippen LogP contribution in [0.5, 0.6) is 0 Å². The third kappa shape index (κ3) is 1.21. The summed E-state index contributed by atoms with van der Waals surface area (Å²) in [5, 5.41) is 0.488. The maximum atomic E-state index is 12.5. The van der Waals surface area contributed by atoms with E-state index in [4.69, 9.17) is 5.84 Å². The first-order valence-electron chi connectivity index (χ1n) is 3.92. The Morgan fingerprint density at radius 3 is 2.50 bits per heavy atom. The molecule has 5 heteroatoms. The molecule has 0 aliphatic heterocycles. The van der Waals surface area contributed by atoms with Crippen LogP contribution in [0, 0.1) is 0 Å². The number of halogens is 3. The molecule has 1 aromatic heterocycles. The lowest BCUT2D eigenvalue weighted by Crippen LogP contribution is -2.12. The highest BCUT2D eigenvalue weighted by molar-refractivity contribution is 5.83. The summed E-state index contributed by atoms with van der Waals surface area (Å²) in [6.07, 6.45) is -2.96. The van der Waals surface area contributed by atoms with E-state index in [-0.39, 0.29) is 5.52 Å². The number of benzene rings is 1. The maximum absolute atomic E-state index is 12.5. The SMILES string of the molecule is Nn1ccc2cccc(C(F)(F)F)c21. The first kappa shape index (κ1) is 8.93. The first-order chi connectivity index (χ1) is 6.50. The molecule has 2 nitrogen and oxygen atoms in total. The Morgan fingerprint density at radius 1 is 1.14 bits per heavy atom. The Hall–Kier alpha value is -1.65. The summed E-state index contributed by atoms with van der Waals surface area (Å²) in [5.74, 6) is 5.39. The average molecular weight is 200 g/mol. The van der Waals surface area contributed by atoms with Gasteiger partial charge in [0.25, 0.3) is 0 Å². The van der Waals surface area contributed by atoms with Crippen molar-refractivity contribution in [1.82, 2.24) is 4.68 Å². The van der Waals surface area contributed by atoms with Crippen LogP contribution in [0.3, 0.4) is 0 Å². The van der Waals surface area contributed by atoms with Gasteiger partial charge in [0.2, 0.25) is 0 Å². The highest BCUT2D eigenvalue weighted by atomic mass is 19.4. The molecular weight excluding hydrogens is 193 g/mol. The van der Waals surface area contributed by atoms with E-state index >= 15 is 0 Å². The van der Waals surface area contributed by atoms with Gasteiger partial charge in [0, 0.05) is 11.6 Å². The van der Waals surface area contributed by atoms with E-state index in [2.05, 4.69) is 0 Å². The molecule has 0 spiro atoms. The van der Waals surface area contributed by atoms with Gasteiger partial charge in [0.05, 0.1) is 11.1 Å². The second-order valence-electron chi connectivity index (χ2n) is 2.96. The zero-order valence-electron chi connectivity index (χ0n) is 7.05. The molecule has 0 atom stereocenters. The van der Waals surface area contributed by atoms with E-state index < -0.39 is 11.7 Å². The van der Waals surface area contributed by atoms with E-state index in [1.54, 1.807) is 12.1 Å². The molecule has 2 aromatic rings. The number of fused-ring (bicyclic) bond motifs is 1. The van der Waals surface area contributed by atoms with Crippen LogP contribution in [-0.2, 0) is 6.18 Å². The van der Waals surface area contributed by atoms with Gasteiger partial charge < -0.3 is 5.84 Å². The number of rotatable bonds is 0. The molecular formula is C9H7F3N2. The van der Waals surface area contributed by atoms with Gasteiger partial charge in [-0.25, -0.2) is 0 Å². The number of aromatic nitrogens is 1. The van der Waals surface area contributed by atoms with Crippen molar-refractivity contribution in [1.29, 1.82) is 0 Å². The van der Waals surface area contributed by atoms with Gasteiger partial charge >= 0.3 is 6.18 Å². The van der Waals surface area contributed by atoms with Crippen LogP contribution in [-0.4, -0.2) is 4.68 Å². The Bertz CT molecular complexity index is 470. The van der Waals surface area contributed by atoms with Crippen molar-refractivity contribution in [3.63, 3.8) is 0 Å². The monoisotopic (exact) mass is 200 g/mol. The standard InChI is InChI=1S/C9H7F3N2/c10-9(11,12)7-3-1-2-6-4-5-14(13)8(6)7/h1-5H,13H2. The highest BCUT2D eigenvalue weighted by Crippen LogP contribution is 2.34. The molecule has 2 N–H and O–H groups in total. The molecule has 0 aliphatic carbocycles. The number of hydrogen-bond donors (Lipinski definition) is 1. The van der Waals surface area contributed by atoms with E-state index in [1.165, 1.54) is 12.3 Å². The number of para-hydroxylation sites is 1. The molecule has 1 aromatic carbocycles. The fourth-order valence-electron chi connectivity index (χ4n) is 1.45. The fraction of sp³-hybridized carbons (Fsp3) is 0.111. The zero-order valence-corrected chi connectivity index (χ0v) is 7.05. The summed E-state index contributed by atoms with van der Waals surface area (Å²) in [6.45, 7) is 0. The van der Waals surface area contributed by atoms with Crippen LogP contribution in [0.15, 0.2) is 30.5 Å². The molecule has 2 rings (SSSR count). The van der Waals surface area contributed by atoms with Crippen molar-refractivity contribution < 1.29 is 13.2 Å². The van der Waals surface area contributed by atoms with Crippen molar-refractivity contribution in [2.75, 3.05) is 5.84 Å². The molecule has 0 bridgehead atoms. The van der Waals surface area contributed by atoms with Crippen molar-refractivity contribution in [3.05, 3.63) is 36.0 Å². The normalized spacial score (nSPS) is 12.2. The van der Waals surface area contributed by atoms with Gasteiger partial charge in [-0.15, -0.1) is 0 Å². The minimum absolute atomic E-state index is 0.0139. The summed E-state index contributed by atoms with van der Waals surface area (Å²) < 4.78 is 38.5. The summed E-state index contributed by atoms with van der Waals surface area (Å²) >= 11 is 0. The van der Waals surface area contributed by atoms with Crippen molar-refractivity contribution in [2.45, 2.75) is 6.18 Å². The second-order valence-corrected chi connectivity index (χ2v) is 2.96. The Balaban J connectivity index is 2.82. The molecule has 0 radical (unpaired) electrons. The number of nitrogens with two attached hydrogens (primary N) is 1. The molecule has 0 aliphatic rings. The molecule has 0 fully saturated rings. The van der Waals surface area contributed by atoms with E-state index in [0.717, 1.165) is 10.7 Å². The number of nitrogen functional groups attached to an aromatic ring is 1. The van der Waals surface area contributed by atoms with Crippen LogP contribution in [0.1, 0.15) is 5.56 Å². The quantitative estimate of drug-likeness (QED) is 0.650. The number of nitrogens with zero attached hydrogens (tertiary/aromatic N) is 1. The Kier molecular flexibility index (Phi) is 1.70. The molecule has 0 saturated heterocycles. The van der Waals surface area contributed by atoms with Crippen molar-refractivity contribution in [2.24, 2.45) is 0 Å². The third-order valence-electron chi connectivity index (χ3n) is 2.05. The van der Waals surface area contributed by atoms with Gasteiger partial charge in [-0.2, -0.15) is 13.2 Å². The van der Waals surface area contributed by atoms with Crippen LogP contribution in [0.25, 0.3) is 10.9 Å². The lowest BCUT2D eigenvalue weighted by atomic mass is 10.1. The molecule has 74 valence electrons. The maximum Gasteiger partial charge on any atom is 0.418 e.